The first-order valence-corrected chi connectivity index (χ1v) is 6.76. The lowest BCUT2D eigenvalue weighted by atomic mass is 9.99. The second kappa shape index (κ2) is 5.46. The molecule has 0 fully saturated rings. The lowest BCUT2D eigenvalue weighted by molar-refractivity contribution is 1.18. The lowest BCUT2D eigenvalue weighted by Crippen LogP contribution is -1.90. The fourth-order valence-electron chi connectivity index (χ4n) is 2.32. The Morgan fingerprint density at radius 3 is 2.53 bits per heavy atom. The molecule has 0 nitrogen and oxygen atoms in total. The van der Waals surface area contributed by atoms with E-state index >= 15 is 0 Å². The van der Waals surface area contributed by atoms with Crippen molar-refractivity contribution in [2.24, 2.45) is 0 Å². The molecule has 3 aromatic carbocycles. The summed E-state index contributed by atoms with van der Waals surface area (Å²) in [6.07, 6.45) is 3.16. The van der Waals surface area contributed by atoms with Crippen molar-refractivity contribution in [2.45, 2.75) is 6.42 Å². The Bertz CT molecular complexity index is 695. The standard InChI is InChI=1S/C18H14Cl/c19-17-9-3-5-14(13-17)11-12-16-8-4-7-15-6-1-2-10-18(15)16/h1-10,12-13H,11H2. The van der Waals surface area contributed by atoms with Crippen LogP contribution in [0.15, 0.2) is 66.7 Å². The number of hydrogen-bond donors (Lipinski definition) is 0. The molecule has 0 aliphatic heterocycles. The van der Waals surface area contributed by atoms with Crippen LogP contribution in [0.2, 0.25) is 5.02 Å². The van der Waals surface area contributed by atoms with Gasteiger partial charge in [-0.25, -0.2) is 0 Å². The van der Waals surface area contributed by atoms with E-state index in [0.29, 0.717) is 0 Å². The van der Waals surface area contributed by atoms with Gasteiger partial charge in [-0.2, -0.15) is 0 Å². The Kier molecular flexibility index (Phi) is 3.52. The Hall–Kier alpha value is -1.79. The van der Waals surface area contributed by atoms with E-state index in [-0.39, 0.29) is 0 Å². The Balaban J connectivity index is 1.86. The Labute approximate surface area is 118 Å². The zero-order valence-corrected chi connectivity index (χ0v) is 11.3. The van der Waals surface area contributed by atoms with E-state index in [9.17, 15) is 0 Å². The normalized spacial score (nSPS) is 10.8. The predicted octanol–water partition coefficient (Wildman–Crippen LogP) is 5.29. The molecular weight excluding hydrogens is 252 g/mol. The molecule has 3 rings (SSSR count). The first kappa shape index (κ1) is 12.3. The highest BCUT2D eigenvalue weighted by Crippen LogP contribution is 2.21. The van der Waals surface area contributed by atoms with Crippen LogP contribution >= 0.6 is 11.6 Å². The molecule has 3 aromatic rings. The summed E-state index contributed by atoms with van der Waals surface area (Å²) in [6.45, 7) is 0. The number of rotatable bonds is 3. The SMILES string of the molecule is Clc1cccc(C[CH]c2cccc3ccccc23)c1. The minimum absolute atomic E-state index is 0.795. The maximum Gasteiger partial charge on any atom is 0.0408 e. The topological polar surface area (TPSA) is 0 Å². The fraction of sp³-hybridized carbons (Fsp3) is 0.0556. The Morgan fingerprint density at radius 1 is 0.842 bits per heavy atom. The van der Waals surface area contributed by atoms with Crippen molar-refractivity contribution in [3.05, 3.63) is 89.3 Å². The molecule has 0 aromatic heterocycles. The van der Waals surface area contributed by atoms with Gasteiger partial charge in [-0.3, -0.25) is 0 Å². The molecule has 0 amide bonds. The van der Waals surface area contributed by atoms with Crippen LogP contribution < -0.4 is 0 Å². The summed E-state index contributed by atoms with van der Waals surface area (Å²) in [6, 6.07) is 22.9. The average molecular weight is 266 g/mol. The first-order chi connectivity index (χ1) is 9.33. The summed E-state index contributed by atoms with van der Waals surface area (Å²) in [5.74, 6) is 0. The van der Waals surface area contributed by atoms with Gasteiger partial charge in [-0.1, -0.05) is 66.2 Å². The number of hydrogen-bond acceptors (Lipinski definition) is 0. The van der Waals surface area contributed by atoms with Crippen LogP contribution in [0.25, 0.3) is 10.8 Å². The largest absolute Gasteiger partial charge is 0.0843 e. The molecule has 0 saturated carbocycles. The van der Waals surface area contributed by atoms with Crippen molar-refractivity contribution in [1.29, 1.82) is 0 Å². The lowest BCUT2D eigenvalue weighted by Gasteiger charge is -2.06. The summed E-state index contributed by atoms with van der Waals surface area (Å²) < 4.78 is 0. The minimum Gasteiger partial charge on any atom is -0.0843 e. The second-order valence-corrected chi connectivity index (χ2v) is 5.04. The fourth-order valence-corrected chi connectivity index (χ4v) is 2.53. The van der Waals surface area contributed by atoms with Gasteiger partial charge in [0.15, 0.2) is 0 Å². The minimum atomic E-state index is 0.795. The molecule has 0 aliphatic carbocycles. The van der Waals surface area contributed by atoms with Crippen molar-refractivity contribution in [2.75, 3.05) is 0 Å². The monoisotopic (exact) mass is 265 g/mol. The van der Waals surface area contributed by atoms with E-state index < -0.39 is 0 Å². The summed E-state index contributed by atoms with van der Waals surface area (Å²) in [5.41, 5.74) is 2.51. The van der Waals surface area contributed by atoms with Gasteiger partial charge in [0.25, 0.3) is 0 Å². The molecule has 0 aliphatic rings. The van der Waals surface area contributed by atoms with Crippen molar-refractivity contribution in [3.8, 4) is 0 Å². The van der Waals surface area contributed by atoms with Gasteiger partial charge in [0.05, 0.1) is 0 Å². The van der Waals surface area contributed by atoms with E-state index in [0.717, 1.165) is 11.4 Å². The van der Waals surface area contributed by atoms with Gasteiger partial charge in [-0.15, -0.1) is 0 Å². The quantitative estimate of drug-likeness (QED) is 0.604. The molecule has 0 bridgehead atoms. The first-order valence-electron chi connectivity index (χ1n) is 6.38. The van der Waals surface area contributed by atoms with Gasteiger partial charge in [0.1, 0.15) is 0 Å². The van der Waals surface area contributed by atoms with Gasteiger partial charge in [-0.05, 0) is 46.9 Å². The molecule has 1 heteroatoms. The van der Waals surface area contributed by atoms with E-state index in [1.807, 2.05) is 18.2 Å². The van der Waals surface area contributed by atoms with Crippen molar-refractivity contribution in [1.82, 2.24) is 0 Å². The van der Waals surface area contributed by atoms with E-state index in [1.165, 1.54) is 21.9 Å². The molecule has 0 N–H and O–H groups in total. The highest BCUT2D eigenvalue weighted by molar-refractivity contribution is 6.30. The summed E-state index contributed by atoms with van der Waals surface area (Å²) in [5, 5.41) is 3.37. The van der Waals surface area contributed by atoms with Gasteiger partial charge < -0.3 is 0 Å². The molecule has 0 saturated heterocycles. The molecular formula is C18H14Cl. The van der Waals surface area contributed by atoms with Crippen molar-refractivity contribution in [3.63, 3.8) is 0 Å². The summed E-state index contributed by atoms with van der Waals surface area (Å²) >= 11 is 6.01. The maximum atomic E-state index is 6.01. The van der Waals surface area contributed by atoms with E-state index in [1.54, 1.807) is 0 Å². The van der Waals surface area contributed by atoms with E-state index in [2.05, 4.69) is 55.0 Å². The van der Waals surface area contributed by atoms with Crippen molar-refractivity contribution < 1.29 is 0 Å². The molecule has 19 heavy (non-hydrogen) atoms. The third-order valence-corrected chi connectivity index (χ3v) is 3.51. The Morgan fingerprint density at radius 2 is 1.63 bits per heavy atom. The van der Waals surface area contributed by atoms with Crippen LogP contribution in [-0.2, 0) is 6.42 Å². The molecule has 1 radical (unpaired) electrons. The van der Waals surface area contributed by atoms with E-state index in [4.69, 9.17) is 11.6 Å². The van der Waals surface area contributed by atoms with Crippen LogP contribution in [0, 0.1) is 6.42 Å². The molecule has 0 atom stereocenters. The van der Waals surface area contributed by atoms with Gasteiger partial charge in [0, 0.05) is 5.02 Å². The zero-order chi connectivity index (χ0) is 13.1. The van der Waals surface area contributed by atoms with Gasteiger partial charge >= 0.3 is 0 Å². The molecule has 93 valence electrons. The smallest absolute Gasteiger partial charge is 0.0408 e. The van der Waals surface area contributed by atoms with Gasteiger partial charge in [0.2, 0.25) is 0 Å². The van der Waals surface area contributed by atoms with Crippen LogP contribution in [0.3, 0.4) is 0 Å². The number of benzene rings is 3. The number of fused-ring (bicyclic) bond motifs is 1. The predicted molar refractivity (Wildman–Crippen MR) is 82.5 cm³/mol. The van der Waals surface area contributed by atoms with Crippen LogP contribution in [0.1, 0.15) is 11.1 Å². The molecule has 0 spiro atoms. The van der Waals surface area contributed by atoms with Crippen LogP contribution in [-0.4, -0.2) is 0 Å². The second-order valence-electron chi connectivity index (χ2n) is 4.61. The molecule has 0 unspecified atom stereocenters. The zero-order valence-electron chi connectivity index (χ0n) is 10.5. The third-order valence-electron chi connectivity index (χ3n) is 3.27. The maximum absolute atomic E-state index is 6.01. The number of halogens is 1. The molecule has 0 heterocycles. The summed E-state index contributed by atoms with van der Waals surface area (Å²) in [4.78, 5) is 0. The third kappa shape index (κ3) is 2.80. The van der Waals surface area contributed by atoms with Crippen molar-refractivity contribution >= 4 is 22.4 Å². The summed E-state index contributed by atoms with van der Waals surface area (Å²) in [7, 11) is 0. The highest BCUT2D eigenvalue weighted by atomic mass is 35.5. The van der Waals surface area contributed by atoms with Crippen LogP contribution in [0.4, 0.5) is 0 Å². The average Bonchev–Trinajstić information content (AvgIpc) is 2.45. The highest BCUT2D eigenvalue weighted by Gasteiger charge is 2.01. The van der Waals surface area contributed by atoms with Crippen LogP contribution in [0.5, 0.6) is 0 Å².